The van der Waals surface area contributed by atoms with Crippen LogP contribution in [0.15, 0.2) is 39.6 Å². The van der Waals surface area contributed by atoms with E-state index < -0.39 is 18.5 Å². The number of alkyl halides is 2. The molecule has 0 amide bonds. The highest BCUT2D eigenvalue weighted by Crippen LogP contribution is 2.30. The minimum Gasteiger partial charge on any atom is -0.508 e. The smallest absolute Gasteiger partial charge is 0.256 e. The normalized spacial score (nSPS) is 11.1. The second kappa shape index (κ2) is 5.75. The first-order chi connectivity index (χ1) is 9.40. The maximum atomic E-state index is 12.7. The van der Waals surface area contributed by atoms with Crippen molar-refractivity contribution in [1.29, 1.82) is 0 Å². The van der Waals surface area contributed by atoms with Crippen LogP contribution in [0.1, 0.15) is 5.56 Å². The summed E-state index contributed by atoms with van der Waals surface area (Å²) in [7, 11) is 0. The predicted molar refractivity (Wildman–Crippen MR) is 76.2 cm³/mol. The monoisotopic (exact) mass is 343 g/mol. The Balaban J connectivity index is 2.67. The maximum absolute atomic E-state index is 12.7. The molecule has 20 heavy (non-hydrogen) atoms. The Morgan fingerprint density at radius 2 is 2.00 bits per heavy atom. The first-order valence-corrected chi connectivity index (χ1v) is 6.67. The summed E-state index contributed by atoms with van der Waals surface area (Å²) in [5, 5.41) is 9.38. The van der Waals surface area contributed by atoms with Crippen LogP contribution in [0.25, 0.3) is 11.3 Å². The number of aromatic hydroxyl groups is 1. The molecule has 0 atom stereocenters. The van der Waals surface area contributed by atoms with Gasteiger partial charge in [0.1, 0.15) is 5.75 Å². The summed E-state index contributed by atoms with van der Waals surface area (Å²) >= 11 is 3.26. The SMILES string of the molecule is Cc1ccc(-c2ccc(O)cc2Br)n(CC(F)F)c1=O. The molecule has 0 fully saturated rings. The van der Waals surface area contributed by atoms with Gasteiger partial charge >= 0.3 is 0 Å². The molecule has 0 spiro atoms. The van der Waals surface area contributed by atoms with E-state index in [0.29, 0.717) is 21.3 Å². The molecule has 1 heterocycles. The van der Waals surface area contributed by atoms with E-state index in [0.717, 1.165) is 4.57 Å². The molecule has 0 unspecified atom stereocenters. The number of aromatic nitrogens is 1. The van der Waals surface area contributed by atoms with Gasteiger partial charge in [0.15, 0.2) is 0 Å². The molecule has 0 saturated carbocycles. The lowest BCUT2D eigenvalue weighted by Crippen LogP contribution is -2.26. The highest BCUT2D eigenvalue weighted by Gasteiger charge is 2.15. The minimum atomic E-state index is -2.62. The topological polar surface area (TPSA) is 42.2 Å². The van der Waals surface area contributed by atoms with Crippen molar-refractivity contribution in [2.75, 3.05) is 0 Å². The number of phenolic OH excluding ortho intramolecular Hbond substituents is 1. The molecule has 0 bridgehead atoms. The van der Waals surface area contributed by atoms with Gasteiger partial charge in [-0.3, -0.25) is 4.79 Å². The highest BCUT2D eigenvalue weighted by atomic mass is 79.9. The fourth-order valence-corrected chi connectivity index (χ4v) is 2.52. The number of halogens is 3. The van der Waals surface area contributed by atoms with Crippen molar-refractivity contribution in [3.8, 4) is 17.0 Å². The zero-order valence-electron chi connectivity index (χ0n) is 10.6. The van der Waals surface area contributed by atoms with Gasteiger partial charge in [-0.2, -0.15) is 0 Å². The Morgan fingerprint density at radius 3 is 2.60 bits per heavy atom. The number of rotatable bonds is 3. The Hall–Kier alpha value is -1.69. The Kier molecular flexibility index (Phi) is 4.23. The van der Waals surface area contributed by atoms with E-state index in [9.17, 15) is 18.7 Å². The van der Waals surface area contributed by atoms with Crippen LogP contribution in [0.4, 0.5) is 8.78 Å². The summed E-state index contributed by atoms with van der Waals surface area (Å²) in [6, 6.07) is 7.68. The summed E-state index contributed by atoms with van der Waals surface area (Å²) in [6.45, 7) is 0.920. The van der Waals surface area contributed by atoms with E-state index in [1.54, 1.807) is 25.1 Å². The van der Waals surface area contributed by atoms with Crippen molar-refractivity contribution in [1.82, 2.24) is 4.57 Å². The Bertz CT molecular complexity index is 698. The van der Waals surface area contributed by atoms with Gasteiger partial charge in [-0.05, 0) is 47.1 Å². The zero-order chi connectivity index (χ0) is 14.9. The molecular weight excluding hydrogens is 332 g/mol. The number of pyridine rings is 1. The van der Waals surface area contributed by atoms with Crippen LogP contribution in [-0.2, 0) is 6.54 Å². The number of aryl methyl sites for hydroxylation is 1. The van der Waals surface area contributed by atoms with Gasteiger partial charge in [0, 0.05) is 15.6 Å². The lowest BCUT2D eigenvalue weighted by atomic mass is 10.1. The van der Waals surface area contributed by atoms with Crippen molar-refractivity contribution >= 4 is 15.9 Å². The van der Waals surface area contributed by atoms with Crippen molar-refractivity contribution in [3.05, 3.63) is 50.7 Å². The second-order valence-corrected chi connectivity index (χ2v) is 5.23. The van der Waals surface area contributed by atoms with Gasteiger partial charge < -0.3 is 9.67 Å². The molecular formula is C14H12BrF2NO2. The molecule has 2 aromatic rings. The average Bonchev–Trinajstić information content (AvgIpc) is 2.36. The van der Waals surface area contributed by atoms with Crippen LogP contribution in [0.3, 0.4) is 0 Å². The van der Waals surface area contributed by atoms with Crippen LogP contribution in [0, 0.1) is 6.92 Å². The Morgan fingerprint density at radius 1 is 1.30 bits per heavy atom. The molecule has 2 rings (SSSR count). The van der Waals surface area contributed by atoms with E-state index in [1.807, 2.05) is 0 Å². The van der Waals surface area contributed by atoms with Crippen LogP contribution in [-0.4, -0.2) is 16.1 Å². The third-order valence-corrected chi connectivity index (χ3v) is 3.57. The molecule has 0 saturated heterocycles. The molecule has 0 aliphatic rings. The molecule has 1 aromatic heterocycles. The third-order valence-electron chi connectivity index (χ3n) is 2.91. The molecule has 6 heteroatoms. The highest BCUT2D eigenvalue weighted by molar-refractivity contribution is 9.10. The van der Waals surface area contributed by atoms with Crippen molar-refractivity contribution in [2.24, 2.45) is 0 Å². The molecule has 106 valence electrons. The average molecular weight is 344 g/mol. The molecule has 3 nitrogen and oxygen atoms in total. The van der Waals surface area contributed by atoms with E-state index in [4.69, 9.17) is 0 Å². The summed E-state index contributed by atoms with van der Waals surface area (Å²) in [5.41, 5.74) is 0.917. The summed E-state index contributed by atoms with van der Waals surface area (Å²) < 4.78 is 26.9. The maximum Gasteiger partial charge on any atom is 0.256 e. The van der Waals surface area contributed by atoms with Gasteiger partial charge in [0.25, 0.3) is 12.0 Å². The van der Waals surface area contributed by atoms with Gasteiger partial charge in [-0.25, -0.2) is 8.78 Å². The third kappa shape index (κ3) is 2.90. The standard InChI is InChI=1S/C14H12BrF2NO2/c1-8-2-5-12(18(14(8)20)7-13(16)17)10-4-3-9(19)6-11(10)15/h2-6,13,19H,7H2,1H3. The molecule has 0 aliphatic carbocycles. The number of hydrogen-bond donors (Lipinski definition) is 1. The molecule has 0 radical (unpaired) electrons. The second-order valence-electron chi connectivity index (χ2n) is 4.37. The van der Waals surface area contributed by atoms with Crippen LogP contribution >= 0.6 is 15.9 Å². The van der Waals surface area contributed by atoms with Crippen LogP contribution in [0.2, 0.25) is 0 Å². The van der Waals surface area contributed by atoms with Crippen molar-refractivity contribution in [2.45, 2.75) is 19.9 Å². The van der Waals surface area contributed by atoms with E-state index in [-0.39, 0.29) is 5.75 Å². The molecule has 1 aromatic carbocycles. The first kappa shape index (κ1) is 14.7. The quantitative estimate of drug-likeness (QED) is 0.925. The predicted octanol–water partition coefficient (Wildman–Crippen LogP) is 3.56. The van der Waals surface area contributed by atoms with Crippen molar-refractivity contribution < 1.29 is 13.9 Å². The zero-order valence-corrected chi connectivity index (χ0v) is 12.2. The molecule has 1 N–H and O–H groups in total. The Labute approximate surface area is 122 Å². The van der Waals surface area contributed by atoms with E-state index in [1.165, 1.54) is 12.1 Å². The van der Waals surface area contributed by atoms with E-state index in [2.05, 4.69) is 15.9 Å². The number of phenols is 1. The van der Waals surface area contributed by atoms with Gasteiger partial charge in [-0.1, -0.05) is 6.07 Å². The fraction of sp³-hybridized carbons (Fsp3) is 0.214. The largest absolute Gasteiger partial charge is 0.508 e. The van der Waals surface area contributed by atoms with E-state index >= 15 is 0 Å². The van der Waals surface area contributed by atoms with Crippen LogP contribution < -0.4 is 5.56 Å². The van der Waals surface area contributed by atoms with Gasteiger partial charge in [0.2, 0.25) is 0 Å². The lowest BCUT2D eigenvalue weighted by molar-refractivity contribution is 0.126. The summed E-state index contributed by atoms with van der Waals surface area (Å²) in [5.74, 6) is 0.0514. The van der Waals surface area contributed by atoms with Gasteiger partial charge in [-0.15, -0.1) is 0 Å². The minimum absolute atomic E-state index is 0.0514. The summed E-state index contributed by atoms with van der Waals surface area (Å²) in [6.07, 6.45) is -2.62. The number of nitrogens with zero attached hydrogens (tertiary/aromatic N) is 1. The first-order valence-electron chi connectivity index (χ1n) is 5.87. The summed E-state index contributed by atoms with van der Waals surface area (Å²) in [4.78, 5) is 12.0. The molecule has 0 aliphatic heterocycles. The number of benzene rings is 1. The fourth-order valence-electron chi connectivity index (χ4n) is 1.95. The van der Waals surface area contributed by atoms with Crippen molar-refractivity contribution in [3.63, 3.8) is 0 Å². The number of hydrogen-bond acceptors (Lipinski definition) is 2. The van der Waals surface area contributed by atoms with Gasteiger partial charge in [0.05, 0.1) is 12.2 Å². The lowest BCUT2D eigenvalue weighted by Gasteiger charge is -2.15. The van der Waals surface area contributed by atoms with Crippen LogP contribution in [0.5, 0.6) is 5.75 Å².